The molecule has 0 aliphatic heterocycles. The largest absolute Gasteiger partial charge is 0.493 e. The van der Waals surface area contributed by atoms with Gasteiger partial charge in [0.1, 0.15) is 0 Å². The van der Waals surface area contributed by atoms with Gasteiger partial charge in [0.25, 0.3) is 0 Å². The van der Waals surface area contributed by atoms with Gasteiger partial charge in [-0.05, 0) is 30.7 Å². The number of nitrogens with zero attached hydrogens (tertiary/aromatic N) is 3. The Kier molecular flexibility index (Phi) is 7.01. The standard InChI is InChI=1S/C21H22ClN3O2S/c1-4-13-25-20(15(2)27-19-12-8-7-11-18(19)26-3)23-24-21(25)28-14-16-9-5-6-10-17(16)22/h4-12,15H,1,13-14H2,2-3H3. The second-order valence-corrected chi connectivity index (χ2v) is 7.38. The molecule has 0 N–H and O–H groups in total. The maximum absolute atomic E-state index is 6.26. The number of para-hydroxylation sites is 2. The molecule has 0 fully saturated rings. The lowest BCUT2D eigenvalue weighted by molar-refractivity contribution is 0.201. The molecule has 0 saturated carbocycles. The molecular weight excluding hydrogens is 394 g/mol. The molecule has 0 amide bonds. The molecule has 0 radical (unpaired) electrons. The molecule has 1 unspecified atom stereocenters. The van der Waals surface area contributed by atoms with Gasteiger partial charge in [0.2, 0.25) is 0 Å². The summed E-state index contributed by atoms with van der Waals surface area (Å²) in [4.78, 5) is 0. The number of ether oxygens (including phenoxy) is 2. The van der Waals surface area contributed by atoms with Crippen molar-refractivity contribution >= 4 is 23.4 Å². The zero-order valence-corrected chi connectivity index (χ0v) is 17.4. The van der Waals surface area contributed by atoms with Crippen LogP contribution in [0.4, 0.5) is 0 Å². The third kappa shape index (κ3) is 4.69. The summed E-state index contributed by atoms with van der Waals surface area (Å²) in [5, 5.41) is 10.3. The van der Waals surface area contributed by atoms with E-state index in [9.17, 15) is 0 Å². The number of methoxy groups -OCH3 is 1. The SMILES string of the molecule is C=CCn1c(SCc2ccccc2Cl)nnc1C(C)Oc1ccccc1OC. The van der Waals surface area contributed by atoms with Crippen LogP contribution in [-0.4, -0.2) is 21.9 Å². The Hall–Kier alpha value is -2.44. The Morgan fingerprint density at radius 1 is 1.14 bits per heavy atom. The van der Waals surface area contributed by atoms with Gasteiger partial charge in [-0.2, -0.15) is 0 Å². The third-order valence-corrected chi connectivity index (χ3v) is 5.49. The van der Waals surface area contributed by atoms with Crippen LogP contribution in [0.5, 0.6) is 11.5 Å². The first-order valence-electron chi connectivity index (χ1n) is 8.84. The summed E-state index contributed by atoms with van der Waals surface area (Å²) in [5.74, 6) is 2.78. The van der Waals surface area contributed by atoms with E-state index in [2.05, 4.69) is 16.8 Å². The highest BCUT2D eigenvalue weighted by Crippen LogP contribution is 2.32. The summed E-state index contributed by atoms with van der Waals surface area (Å²) in [6.07, 6.45) is 1.51. The van der Waals surface area contributed by atoms with E-state index < -0.39 is 0 Å². The van der Waals surface area contributed by atoms with Crippen molar-refractivity contribution in [1.29, 1.82) is 0 Å². The van der Waals surface area contributed by atoms with Crippen LogP contribution in [0.15, 0.2) is 66.3 Å². The Labute approximate surface area is 174 Å². The number of rotatable bonds is 9. The van der Waals surface area contributed by atoms with Gasteiger partial charge < -0.3 is 9.47 Å². The first-order chi connectivity index (χ1) is 13.6. The minimum absolute atomic E-state index is 0.307. The quantitative estimate of drug-likeness (QED) is 0.338. The number of allylic oxidation sites excluding steroid dienone is 1. The van der Waals surface area contributed by atoms with Crippen LogP contribution in [0.3, 0.4) is 0 Å². The average Bonchev–Trinajstić information content (AvgIpc) is 3.11. The van der Waals surface area contributed by atoms with Crippen LogP contribution in [0.1, 0.15) is 24.4 Å². The fourth-order valence-corrected chi connectivity index (χ4v) is 3.97. The lowest BCUT2D eigenvalue weighted by atomic mass is 10.2. The topological polar surface area (TPSA) is 49.2 Å². The van der Waals surface area contributed by atoms with Gasteiger partial charge in [0.05, 0.1) is 7.11 Å². The van der Waals surface area contributed by atoms with Crippen LogP contribution in [-0.2, 0) is 12.3 Å². The number of aromatic nitrogens is 3. The normalized spacial score (nSPS) is 11.8. The van der Waals surface area contributed by atoms with Crippen molar-refractivity contribution in [3.8, 4) is 11.5 Å². The molecule has 1 heterocycles. The van der Waals surface area contributed by atoms with E-state index in [1.54, 1.807) is 18.9 Å². The van der Waals surface area contributed by atoms with E-state index in [1.807, 2.05) is 66.1 Å². The number of benzene rings is 2. The maximum Gasteiger partial charge on any atom is 0.191 e. The molecule has 0 aliphatic carbocycles. The van der Waals surface area contributed by atoms with E-state index in [1.165, 1.54) is 0 Å². The number of hydrogen-bond acceptors (Lipinski definition) is 5. The molecule has 2 aromatic carbocycles. The predicted molar refractivity (Wildman–Crippen MR) is 113 cm³/mol. The van der Waals surface area contributed by atoms with E-state index >= 15 is 0 Å². The minimum atomic E-state index is -0.307. The summed E-state index contributed by atoms with van der Waals surface area (Å²) in [6.45, 7) is 6.39. The van der Waals surface area contributed by atoms with Gasteiger partial charge in [0, 0.05) is 17.3 Å². The number of halogens is 1. The summed E-state index contributed by atoms with van der Waals surface area (Å²) < 4.78 is 13.5. The van der Waals surface area contributed by atoms with E-state index in [-0.39, 0.29) is 6.10 Å². The highest BCUT2D eigenvalue weighted by molar-refractivity contribution is 7.98. The van der Waals surface area contributed by atoms with Crippen molar-refractivity contribution in [3.05, 3.63) is 77.6 Å². The lowest BCUT2D eigenvalue weighted by Crippen LogP contribution is -2.12. The van der Waals surface area contributed by atoms with Crippen LogP contribution in [0.25, 0.3) is 0 Å². The average molecular weight is 416 g/mol. The second-order valence-electron chi connectivity index (χ2n) is 6.03. The minimum Gasteiger partial charge on any atom is -0.493 e. The van der Waals surface area contributed by atoms with Gasteiger partial charge in [0.15, 0.2) is 28.6 Å². The Morgan fingerprint density at radius 3 is 2.57 bits per heavy atom. The van der Waals surface area contributed by atoms with E-state index in [4.69, 9.17) is 21.1 Å². The van der Waals surface area contributed by atoms with Crippen molar-refractivity contribution in [2.45, 2.75) is 30.5 Å². The summed E-state index contributed by atoms with van der Waals surface area (Å²) in [5.41, 5.74) is 1.06. The molecule has 3 aromatic rings. The van der Waals surface area contributed by atoms with Crippen LogP contribution >= 0.6 is 23.4 Å². The van der Waals surface area contributed by atoms with Crippen molar-refractivity contribution < 1.29 is 9.47 Å². The Morgan fingerprint density at radius 2 is 1.86 bits per heavy atom. The van der Waals surface area contributed by atoms with Crippen molar-refractivity contribution in [1.82, 2.24) is 14.8 Å². The second kappa shape index (κ2) is 9.66. The molecule has 0 spiro atoms. The fourth-order valence-electron chi connectivity index (χ4n) is 2.73. The lowest BCUT2D eigenvalue weighted by Gasteiger charge is -2.17. The third-order valence-electron chi connectivity index (χ3n) is 4.11. The molecular formula is C21H22ClN3O2S. The molecule has 3 rings (SSSR count). The zero-order valence-electron chi connectivity index (χ0n) is 15.8. The first kappa shape index (κ1) is 20.3. The van der Waals surface area contributed by atoms with Crippen molar-refractivity contribution in [3.63, 3.8) is 0 Å². The molecule has 0 saturated heterocycles. The van der Waals surface area contributed by atoms with Crippen LogP contribution in [0, 0.1) is 0 Å². The van der Waals surface area contributed by atoms with E-state index in [0.29, 0.717) is 23.8 Å². The van der Waals surface area contributed by atoms with Crippen molar-refractivity contribution in [2.75, 3.05) is 7.11 Å². The first-order valence-corrected chi connectivity index (χ1v) is 10.2. The van der Waals surface area contributed by atoms with E-state index in [0.717, 1.165) is 21.6 Å². The van der Waals surface area contributed by atoms with Gasteiger partial charge in [-0.3, -0.25) is 4.57 Å². The molecule has 0 aliphatic rings. The molecule has 1 atom stereocenters. The molecule has 0 bridgehead atoms. The smallest absolute Gasteiger partial charge is 0.191 e. The molecule has 1 aromatic heterocycles. The Bertz CT molecular complexity index is 945. The van der Waals surface area contributed by atoms with Gasteiger partial charge in [-0.15, -0.1) is 16.8 Å². The molecule has 5 nitrogen and oxygen atoms in total. The molecule has 146 valence electrons. The van der Waals surface area contributed by atoms with Crippen LogP contribution < -0.4 is 9.47 Å². The highest BCUT2D eigenvalue weighted by Gasteiger charge is 2.20. The highest BCUT2D eigenvalue weighted by atomic mass is 35.5. The van der Waals surface area contributed by atoms with Gasteiger partial charge in [-0.25, -0.2) is 0 Å². The summed E-state index contributed by atoms with van der Waals surface area (Å²) in [6, 6.07) is 15.3. The fraction of sp³-hybridized carbons (Fsp3) is 0.238. The number of thioether (sulfide) groups is 1. The van der Waals surface area contributed by atoms with Crippen LogP contribution in [0.2, 0.25) is 5.02 Å². The monoisotopic (exact) mass is 415 g/mol. The molecule has 7 heteroatoms. The van der Waals surface area contributed by atoms with Gasteiger partial charge >= 0.3 is 0 Å². The maximum atomic E-state index is 6.26. The molecule has 28 heavy (non-hydrogen) atoms. The van der Waals surface area contributed by atoms with Crippen molar-refractivity contribution in [2.24, 2.45) is 0 Å². The predicted octanol–water partition coefficient (Wildman–Crippen LogP) is 5.56. The zero-order chi connectivity index (χ0) is 19.9. The van der Waals surface area contributed by atoms with Gasteiger partial charge in [-0.1, -0.05) is 59.8 Å². The summed E-state index contributed by atoms with van der Waals surface area (Å²) in [7, 11) is 1.62. The Balaban J connectivity index is 1.79. The number of hydrogen-bond donors (Lipinski definition) is 0. The summed E-state index contributed by atoms with van der Waals surface area (Å²) >= 11 is 7.85.